The van der Waals surface area contributed by atoms with Gasteiger partial charge in [-0.2, -0.15) is 11.2 Å². The van der Waals surface area contributed by atoms with Crippen molar-refractivity contribution in [2.45, 2.75) is 70.4 Å². The summed E-state index contributed by atoms with van der Waals surface area (Å²) in [4.78, 5) is 10.5. The van der Waals surface area contributed by atoms with Gasteiger partial charge in [-0.25, -0.2) is 0 Å². The van der Waals surface area contributed by atoms with Crippen molar-refractivity contribution in [1.29, 1.82) is 0 Å². The maximum atomic E-state index is 10.5. The van der Waals surface area contributed by atoms with E-state index in [2.05, 4.69) is 64.3 Å². The van der Waals surface area contributed by atoms with Gasteiger partial charge in [0.1, 0.15) is 7.22 Å². The van der Waals surface area contributed by atoms with Crippen LogP contribution in [0.4, 0.5) is 0 Å². The third-order valence-corrected chi connectivity index (χ3v) is 22.7. The van der Waals surface area contributed by atoms with Crippen molar-refractivity contribution in [1.82, 2.24) is 0 Å². The zero-order chi connectivity index (χ0) is 16.2. The Morgan fingerprint density at radius 1 is 1.10 bits per heavy atom. The lowest BCUT2D eigenvalue weighted by Gasteiger charge is -2.41. The zero-order valence-corrected chi connectivity index (χ0v) is 19.7. The minimum absolute atomic E-state index is 0.0654. The fraction of sp³-hybridized carbons (Fsp3) is 1.00. The standard InChI is InChI=1S/C13H35O2PSSi3/c1-13(2,19(7,8)14)16-20(9,15-3)12-10-11-17-18(4,5)6/h14,16H,10-12H2,1-9H3. The number of hydrogen-bond acceptors (Lipinski definition) is 3. The molecule has 0 aromatic heterocycles. The van der Waals surface area contributed by atoms with Crippen molar-refractivity contribution >= 4 is 42.9 Å². The second kappa shape index (κ2) is 7.75. The summed E-state index contributed by atoms with van der Waals surface area (Å²) in [6.45, 7) is 18.2. The summed E-state index contributed by atoms with van der Waals surface area (Å²) < 4.78 is 6.03. The first-order valence-corrected chi connectivity index (χ1v) is 20.2. The molecule has 0 aliphatic heterocycles. The Balaban J connectivity index is 4.48. The van der Waals surface area contributed by atoms with Gasteiger partial charge in [0.2, 0.25) is 7.98 Å². The maximum Gasteiger partial charge on any atom is 0.212 e. The molecule has 0 radical (unpaired) electrons. The molecule has 0 spiro atoms. The van der Waals surface area contributed by atoms with E-state index in [4.69, 9.17) is 4.43 Å². The van der Waals surface area contributed by atoms with Gasteiger partial charge in [0, 0.05) is 7.11 Å². The molecule has 1 N–H and O–H groups in total. The highest BCUT2D eigenvalue weighted by Crippen LogP contribution is 2.47. The van der Waals surface area contributed by atoms with Gasteiger partial charge in [0.15, 0.2) is 8.32 Å². The summed E-state index contributed by atoms with van der Waals surface area (Å²) in [6.07, 6.45) is 1.27. The highest BCUT2D eigenvalue weighted by molar-refractivity contribution is 8.28. The van der Waals surface area contributed by atoms with Crippen LogP contribution in [-0.2, 0) is 4.43 Å². The van der Waals surface area contributed by atoms with E-state index < -0.39 is 23.5 Å². The van der Waals surface area contributed by atoms with E-state index in [1.165, 1.54) is 18.2 Å². The van der Waals surface area contributed by atoms with E-state index in [0.717, 1.165) is 8.13 Å². The van der Waals surface area contributed by atoms with E-state index >= 15 is 0 Å². The summed E-state index contributed by atoms with van der Waals surface area (Å²) in [5, 5.41) is 0. The Bertz CT molecular complexity index is 303. The van der Waals surface area contributed by atoms with Crippen molar-refractivity contribution in [3.05, 3.63) is 0 Å². The van der Waals surface area contributed by atoms with Crippen molar-refractivity contribution < 1.29 is 9.22 Å². The average molecular weight is 371 g/mol. The van der Waals surface area contributed by atoms with Gasteiger partial charge < -0.3 is 9.22 Å². The van der Waals surface area contributed by atoms with Gasteiger partial charge >= 0.3 is 0 Å². The fourth-order valence-electron chi connectivity index (χ4n) is 1.82. The Hall–Kier alpha value is 1.35. The van der Waals surface area contributed by atoms with Crippen LogP contribution >= 0.6 is 19.3 Å². The lowest BCUT2D eigenvalue weighted by Crippen LogP contribution is -2.50. The van der Waals surface area contributed by atoms with E-state index in [1.807, 2.05) is 7.11 Å². The van der Waals surface area contributed by atoms with Gasteiger partial charge in [0.05, 0.1) is 0 Å². The van der Waals surface area contributed by atoms with Crippen LogP contribution in [0.3, 0.4) is 0 Å². The van der Waals surface area contributed by atoms with Crippen LogP contribution in [0.1, 0.15) is 20.3 Å². The maximum absolute atomic E-state index is 10.5. The molecule has 7 heteroatoms. The molecule has 2 nitrogen and oxygen atoms in total. The lowest BCUT2D eigenvalue weighted by atomic mass is 10.5. The smallest absolute Gasteiger partial charge is 0.212 e. The van der Waals surface area contributed by atoms with Crippen LogP contribution < -0.4 is 0 Å². The molecule has 2 atom stereocenters. The molecule has 0 bridgehead atoms. The molecule has 0 aromatic carbocycles. The molecule has 2 unspecified atom stereocenters. The highest BCUT2D eigenvalue weighted by Gasteiger charge is 2.44. The molecule has 0 fully saturated rings. The summed E-state index contributed by atoms with van der Waals surface area (Å²) in [6, 6.07) is 1.23. The molecule has 20 heavy (non-hydrogen) atoms. The second-order valence-electron chi connectivity index (χ2n) is 7.81. The summed E-state index contributed by atoms with van der Waals surface area (Å²) in [5.41, 5.74) is 0. The van der Waals surface area contributed by atoms with Gasteiger partial charge in [-0.1, -0.05) is 33.5 Å². The molecule has 122 valence electrons. The molecule has 0 saturated heterocycles. The van der Waals surface area contributed by atoms with Gasteiger partial charge in [-0.05, 0) is 42.6 Å². The largest absolute Gasteiger partial charge is 0.431 e. The molecular formula is C13H35O2PSSi3. The van der Waals surface area contributed by atoms with Crippen LogP contribution in [-0.4, -0.2) is 46.0 Å². The van der Waals surface area contributed by atoms with E-state index in [1.54, 1.807) is 0 Å². The number of rotatable bonds is 9. The van der Waals surface area contributed by atoms with Crippen LogP contribution in [0.2, 0.25) is 45.3 Å². The van der Waals surface area contributed by atoms with Crippen molar-refractivity contribution in [3.63, 3.8) is 0 Å². The SMILES string of the molecule is CO[Si](C)(CCCS[Si](C)(C)C)PC(C)(C)[Si](C)(C)O. The average Bonchev–Trinajstić information content (AvgIpc) is 2.21. The highest BCUT2D eigenvalue weighted by atomic mass is 32.4. The quantitative estimate of drug-likeness (QED) is 0.357. The molecule has 0 saturated carbocycles. The van der Waals surface area contributed by atoms with Gasteiger partial charge in [-0.3, -0.25) is 0 Å². The molecule has 0 aliphatic carbocycles. The Morgan fingerprint density at radius 3 is 1.95 bits per heavy atom. The lowest BCUT2D eigenvalue weighted by molar-refractivity contribution is 0.415. The predicted octanol–water partition coefficient (Wildman–Crippen LogP) is 4.86. The van der Waals surface area contributed by atoms with Crippen LogP contribution in [0.5, 0.6) is 0 Å². The molecule has 0 heterocycles. The minimum Gasteiger partial charge on any atom is -0.431 e. The Morgan fingerprint density at radius 2 is 1.60 bits per heavy atom. The third kappa shape index (κ3) is 8.11. The first-order chi connectivity index (χ1) is 8.72. The minimum atomic E-state index is -2.12. The summed E-state index contributed by atoms with van der Waals surface area (Å²) >= 11 is 2.18. The molecule has 0 aliphatic rings. The molecule has 0 rings (SSSR count). The predicted molar refractivity (Wildman–Crippen MR) is 106 cm³/mol. The second-order valence-corrected chi connectivity index (χ2v) is 30.9. The van der Waals surface area contributed by atoms with Crippen LogP contribution in [0.25, 0.3) is 0 Å². The summed E-state index contributed by atoms with van der Waals surface area (Å²) in [5.74, 6) is 1.27. The topological polar surface area (TPSA) is 29.5 Å². The monoisotopic (exact) mass is 370 g/mol. The van der Waals surface area contributed by atoms with E-state index in [0.29, 0.717) is 0 Å². The third-order valence-electron chi connectivity index (χ3n) is 3.89. The number of hydrogen-bond donors (Lipinski definition) is 1. The fourth-order valence-corrected chi connectivity index (χ4v) is 19.4. The van der Waals surface area contributed by atoms with Crippen LogP contribution in [0, 0.1) is 0 Å². The van der Waals surface area contributed by atoms with Crippen molar-refractivity contribution in [2.24, 2.45) is 0 Å². The zero-order valence-electron chi connectivity index (χ0n) is 14.9. The van der Waals surface area contributed by atoms with Gasteiger partial charge in [0.25, 0.3) is 0 Å². The van der Waals surface area contributed by atoms with Gasteiger partial charge in [-0.15, -0.1) is 8.13 Å². The first kappa shape index (κ1) is 21.4. The Labute approximate surface area is 135 Å². The van der Waals surface area contributed by atoms with E-state index in [-0.39, 0.29) is 4.78 Å². The Kier molecular flexibility index (Phi) is 8.28. The van der Waals surface area contributed by atoms with Crippen molar-refractivity contribution in [2.75, 3.05) is 12.9 Å². The van der Waals surface area contributed by atoms with Crippen LogP contribution in [0.15, 0.2) is 0 Å². The molecule has 0 amide bonds. The van der Waals surface area contributed by atoms with Crippen molar-refractivity contribution in [3.8, 4) is 0 Å². The van der Waals surface area contributed by atoms with E-state index in [9.17, 15) is 4.80 Å². The molecule has 0 aromatic rings. The first-order valence-electron chi connectivity index (χ1n) is 7.43. The molecular weight excluding hydrogens is 335 g/mol. The summed E-state index contributed by atoms with van der Waals surface area (Å²) in [7, 11) is -2.10. The normalized spacial score (nSPS) is 17.7.